The van der Waals surface area contributed by atoms with Crippen molar-refractivity contribution in [2.75, 3.05) is 12.0 Å². The van der Waals surface area contributed by atoms with E-state index in [1.807, 2.05) is 0 Å². The fourth-order valence-corrected chi connectivity index (χ4v) is 3.75. The molecule has 1 rings (SSSR count). The number of nitrogens with zero attached hydrogens (tertiary/aromatic N) is 1. The van der Waals surface area contributed by atoms with Crippen molar-refractivity contribution in [2.24, 2.45) is 0 Å². The molecule has 108 valence electrons. The predicted molar refractivity (Wildman–Crippen MR) is 68.6 cm³/mol. The first-order chi connectivity index (χ1) is 8.64. The van der Waals surface area contributed by atoms with Gasteiger partial charge in [-0.15, -0.1) is 16.8 Å². The molecule has 10 heteroatoms. The van der Waals surface area contributed by atoms with Crippen molar-refractivity contribution < 1.29 is 29.3 Å². The van der Waals surface area contributed by atoms with Gasteiger partial charge in [0.2, 0.25) is 0 Å². The topological polar surface area (TPSA) is 121 Å². The van der Waals surface area contributed by atoms with Crippen LogP contribution in [0.4, 0.5) is 5.69 Å². The maximum Gasteiger partial charge on any atom is 0.473 e. The van der Waals surface area contributed by atoms with Crippen molar-refractivity contribution in [3.05, 3.63) is 30.3 Å². The quantitative estimate of drug-likeness (QED) is 0.404. The number of hydrogen-bond donors (Lipinski definition) is 3. The molecular weight excluding hydrogens is 296 g/mol. The minimum atomic E-state index is -5.16. The lowest BCUT2D eigenvalue weighted by Gasteiger charge is -2.29. The normalized spacial score (nSPS) is 13.2. The second-order valence-electron chi connectivity index (χ2n) is 3.77. The van der Waals surface area contributed by atoms with E-state index in [0.29, 0.717) is 0 Å². The van der Waals surface area contributed by atoms with Gasteiger partial charge in [-0.05, 0) is 18.6 Å². The number of benzene rings is 1. The summed E-state index contributed by atoms with van der Waals surface area (Å²) in [6.07, 6.45) is 0.0828. The maximum absolute atomic E-state index is 11.4. The predicted octanol–water partition coefficient (Wildman–Crippen LogP) is 0.846. The van der Waals surface area contributed by atoms with Crippen molar-refractivity contribution in [3.63, 3.8) is 0 Å². The van der Waals surface area contributed by atoms with Crippen LogP contribution < -0.4 is 5.43 Å². The van der Waals surface area contributed by atoms with Gasteiger partial charge in [0.1, 0.15) is 6.54 Å². The zero-order chi connectivity index (χ0) is 14.7. The summed E-state index contributed by atoms with van der Waals surface area (Å²) in [4.78, 5) is 0. The number of rotatable bonds is 6. The molecule has 0 spiro atoms. The zero-order valence-electron chi connectivity index (χ0n) is 10.1. The van der Waals surface area contributed by atoms with Crippen molar-refractivity contribution in [1.82, 2.24) is 0 Å². The molecule has 0 aromatic heterocycles. The molecular formula is C9H15N2O6S2+. The molecule has 3 N–H and O–H groups in total. The highest BCUT2D eigenvalue weighted by molar-refractivity contribution is 7.92. The van der Waals surface area contributed by atoms with Crippen molar-refractivity contribution in [2.45, 2.75) is 13.3 Å². The van der Waals surface area contributed by atoms with Gasteiger partial charge in [-0.1, -0.05) is 25.1 Å². The smallest absolute Gasteiger partial charge is 0.239 e. The number of quaternary nitrogens is 1. The highest BCUT2D eigenvalue weighted by Crippen LogP contribution is 2.23. The monoisotopic (exact) mass is 311 g/mol. The summed E-state index contributed by atoms with van der Waals surface area (Å²) >= 11 is 0. The molecule has 0 heterocycles. The summed E-state index contributed by atoms with van der Waals surface area (Å²) in [5.74, 6) is 0. The van der Waals surface area contributed by atoms with Crippen LogP contribution in [0.25, 0.3) is 0 Å². The van der Waals surface area contributed by atoms with Crippen LogP contribution in [0.1, 0.15) is 13.3 Å². The van der Waals surface area contributed by atoms with Crippen molar-refractivity contribution in [1.29, 1.82) is 0 Å². The maximum atomic E-state index is 11.4. The average Bonchev–Trinajstić information content (AvgIpc) is 2.26. The average molecular weight is 311 g/mol. The molecule has 0 atom stereocenters. The van der Waals surface area contributed by atoms with Crippen LogP contribution in [-0.4, -0.2) is 35.9 Å². The lowest BCUT2D eigenvalue weighted by atomic mass is 10.3. The Morgan fingerprint density at radius 2 is 1.53 bits per heavy atom. The third kappa shape index (κ3) is 3.22. The third-order valence-corrected chi connectivity index (χ3v) is 5.51. The Morgan fingerprint density at radius 1 is 1.05 bits per heavy atom. The first-order valence-corrected chi connectivity index (χ1v) is 8.10. The van der Waals surface area contributed by atoms with E-state index in [2.05, 4.69) is 5.43 Å². The molecule has 0 saturated carbocycles. The molecule has 0 aliphatic heterocycles. The van der Waals surface area contributed by atoms with E-state index in [-0.39, 0.29) is 12.1 Å². The molecule has 0 unspecified atom stereocenters. The summed E-state index contributed by atoms with van der Waals surface area (Å²) in [7, 11) is -10.3. The van der Waals surface area contributed by atoms with Crippen LogP contribution in [0.5, 0.6) is 0 Å². The summed E-state index contributed by atoms with van der Waals surface area (Å²) < 4.78 is 62.0. The fraction of sp³-hybridized carbons (Fsp3) is 0.333. The molecule has 0 bridgehead atoms. The third-order valence-electron chi connectivity index (χ3n) is 2.34. The molecule has 19 heavy (non-hydrogen) atoms. The minimum Gasteiger partial charge on any atom is -0.239 e. The second kappa shape index (κ2) is 5.43. The lowest BCUT2D eigenvalue weighted by molar-refractivity contribution is -0.658. The van der Waals surface area contributed by atoms with Crippen LogP contribution in [0, 0.1) is 0 Å². The molecule has 1 aromatic rings. The van der Waals surface area contributed by atoms with E-state index in [9.17, 15) is 25.9 Å². The van der Waals surface area contributed by atoms with Gasteiger partial charge < -0.3 is 0 Å². The van der Waals surface area contributed by atoms with Crippen molar-refractivity contribution >= 4 is 26.3 Å². The first kappa shape index (κ1) is 15.9. The Kier molecular flexibility index (Phi) is 4.53. The molecule has 8 nitrogen and oxygen atoms in total. The van der Waals surface area contributed by atoms with Crippen LogP contribution in [-0.2, 0) is 20.6 Å². The summed E-state index contributed by atoms with van der Waals surface area (Å²) in [6.45, 7) is 0.947. The van der Waals surface area contributed by atoms with Gasteiger partial charge in [0.25, 0.3) is 0 Å². The standard InChI is InChI=1S/C9H14N2O6S2/c1-2-8-11(18(12,13)14,19(15,16)17)10-9-6-4-3-5-7-9/h3-7,10H,2,8H2,1H3,(H-,12,13,14,15,16,17)/p+1. The molecule has 0 saturated heterocycles. The van der Waals surface area contributed by atoms with Gasteiger partial charge in [-0.3, -0.25) is 0 Å². The molecule has 0 fully saturated rings. The van der Waals surface area contributed by atoms with Crippen LogP contribution in [0.2, 0.25) is 0 Å². The van der Waals surface area contributed by atoms with Crippen LogP contribution in [0.15, 0.2) is 30.3 Å². The largest absolute Gasteiger partial charge is 0.473 e. The summed E-state index contributed by atoms with van der Waals surface area (Å²) in [6, 6.07) is 7.52. The van der Waals surface area contributed by atoms with Crippen molar-refractivity contribution in [3.8, 4) is 0 Å². The summed E-state index contributed by atoms with van der Waals surface area (Å²) in [5, 5.41) is 0. The minimum absolute atomic E-state index is 0.0828. The van der Waals surface area contributed by atoms with E-state index in [0.717, 1.165) is 0 Å². The van der Waals surface area contributed by atoms with E-state index in [4.69, 9.17) is 0 Å². The molecule has 0 amide bonds. The van der Waals surface area contributed by atoms with Gasteiger partial charge in [0.15, 0.2) is 0 Å². The van der Waals surface area contributed by atoms with Gasteiger partial charge in [-0.25, -0.2) is 14.5 Å². The SMILES string of the molecule is CCC[N+](Nc1ccccc1)(S(=O)(=O)O)S(=O)(=O)O. The highest BCUT2D eigenvalue weighted by Gasteiger charge is 2.53. The Morgan fingerprint density at radius 3 is 1.89 bits per heavy atom. The van der Waals surface area contributed by atoms with E-state index in [1.165, 1.54) is 31.2 Å². The summed E-state index contributed by atoms with van der Waals surface area (Å²) in [5.41, 5.74) is 2.25. The van der Waals surface area contributed by atoms with Gasteiger partial charge in [-0.2, -0.15) is 0 Å². The fourth-order valence-electron chi connectivity index (χ4n) is 1.52. The Labute approximate surface area is 112 Å². The zero-order valence-corrected chi connectivity index (χ0v) is 11.7. The Hall–Kier alpha value is -1.20. The number of para-hydroxylation sites is 1. The molecule has 0 aliphatic rings. The highest BCUT2D eigenvalue weighted by atomic mass is 32.3. The van der Waals surface area contributed by atoms with Gasteiger partial charge in [0.05, 0.1) is 5.69 Å². The Balaban J connectivity index is 3.42. The lowest BCUT2D eigenvalue weighted by Crippen LogP contribution is -2.60. The number of nitrogens with one attached hydrogen (secondary N) is 1. The number of hydrogen-bond acceptors (Lipinski definition) is 5. The van der Waals surface area contributed by atoms with E-state index >= 15 is 0 Å². The van der Waals surface area contributed by atoms with Crippen LogP contribution in [0.3, 0.4) is 0 Å². The number of anilines is 1. The van der Waals surface area contributed by atoms with E-state index < -0.39 is 30.6 Å². The molecule has 0 radical (unpaired) electrons. The first-order valence-electron chi connectivity index (χ1n) is 5.30. The van der Waals surface area contributed by atoms with Gasteiger partial charge in [0, 0.05) is 3.40 Å². The Bertz CT molecular complexity index is 594. The second-order valence-corrected chi connectivity index (χ2v) is 7.04. The molecule has 0 aliphatic carbocycles. The van der Waals surface area contributed by atoms with E-state index in [1.54, 1.807) is 6.07 Å². The van der Waals surface area contributed by atoms with Gasteiger partial charge >= 0.3 is 20.6 Å². The molecule has 1 aromatic carbocycles. The van der Waals surface area contributed by atoms with Crippen LogP contribution >= 0.6 is 0 Å².